The first kappa shape index (κ1) is 19.3. The summed E-state index contributed by atoms with van der Waals surface area (Å²) in [6.07, 6.45) is 3.86. The Balaban J connectivity index is 1.68. The fourth-order valence-corrected chi connectivity index (χ4v) is 5.68. The van der Waals surface area contributed by atoms with Crippen molar-refractivity contribution in [3.63, 3.8) is 0 Å². The third-order valence-corrected chi connectivity index (χ3v) is 7.23. The standard InChI is InChI=1S/C24H23ClN4O/c1-14-22(27)29-24(28-14)21-11-16(18-8-15(13-26)9-19(25)10-18)2-3-17(21)12-23(24)6-4-20(30)5-7-23/h2-3,8-11,20,30H,4-7,12H2,1H3,(H2,27,29)/t20?,23?,24-/m0/s1. The monoisotopic (exact) mass is 418 g/mol. The fourth-order valence-electron chi connectivity index (χ4n) is 5.45. The van der Waals surface area contributed by atoms with Gasteiger partial charge in [0.05, 0.1) is 23.4 Å². The minimum atomic E-state index is -0.733. The van der Waals surface area contributed by atoms with E-state index in [-0.39, 0.29) is 11.5 Å². The van der Waals surface area contributed by atoms with Gasteiger partial charge in [-0.2, -0.15) is 5.26 Å². The lowest BCUT2D eigenvalue weighted by Crippen LogP contribution is -2.43. The zero-order valence-electron chi connectivity index (χ0n) is 16.8. The van der Waals surface area contributed by atoms with Crippen molar-refractivity contribution in [2.75, 3.05) is 0 Å². The van der Waals surface area contributed by atoms with Crippen LogP contribution < -0.4 is 5.73 Å². The van der Waals surface area contributed by atoms with E-state index in [0.717, 1.165) is 54.5 Å². The van der Waals surface area contributed by atoms with Crippen LogP contribution in [0.15, 0.2) is 46.4 Å². The number of halogens is 1. The van der Waals surface area contributed by atoms with Crippen molar-refractivity contribution in [2.45, 2.75) is 50.8 Å². The molecule has 152 valence electrons. The summed E-state index contributed by atoms with van der Waals surface area (Å²) in [5.74, 6) is 0.494. The van der Waals surface area contributed by atoms with Crippen LogP contribution in [0.4, 0.5) is 0 Å². The predicted octanol–water partition coefficient (Wildman–Crippen LogP) is 4.34. The Kier molecular flexibility index (Phi) is 4.29. The highest BCUT2D eigenvalue weighted by molar-refractivity contribution is 6.41. The van der Waals surface area contributed by atoms with Crippen molar-refractivity contribution in [3.8, 4) is 17.2 Å². The number of fused-ring (bicyclic) bond motifs is 3. The van der Waals surface area contributed by atoms with Crippen molar-refractivity contribution in [3.05, 3.63) is 58.1 Å². The molecule has 2 aliphatic carbocycles. The number of amidine groups is 1. The van der Waals surface area contributed by atoms with Gasteiger partial charge in [-0.1, -0.05) is 23.7 Å². The summed E-state index contributed by atoms with van der Waals surface area (Å²) in [5, 5.41) is 20.0. The van der Waals surface area contributed by atoms with Gasteiger partial charge >= 0.3 is 0 Å². The molecule has 0 saturated heterocycles. The summed E-state index contributed by atoms with van der Waals surface area (Å²) in [7, 11) is 0. The van der Waals surface area contributed by atoms with Gasteiger partial charge in [0.25, 0.3) is 0 Å². The highest BCUT2D eigenvalue weighted by Crippen LogP contribution is 2.61. The van der Waals surface area contributed by atoms with Crippen LogP contribution >= 0.6 is 11.6 Å². The molecule has 0 amide bonds. The van der Waals surface area contributed by atoms with Crippen LogP contribution in [0.3, 0.4) is 0 Å². The predicted molar refractivity (Wildman–Crippen MR) is 119 cm³/mol. The van der Waals surface area contributed by atoms with E-state index in [0.29, 0.717) is 16.4 Å². The molecule has 0 aromatic heterocycles. The number of nitrogens with two attached hydrogens (primary N) is 1. The molecule has 2 aromatic rings. The van der Waals surface area contributed by atoms with Gasteiger partial charge in [-0.15, -0.1) is 0 Å². The summed E-state index contributed by atoms with van der Waals surface area (Å²) >= 11 is 6.25. The van der Waals surface area contributed by atoms with Gasteiger partial charge in [-0.3, -0.25) is 4.99 Å². The molecule has 1 atom stereocenters. The molecular formula is C24H23ClN4O. The molecule has 0 bridgehead atoms. The SMILES string of the molecule is CC1=N[C@]2(N=C1N)c1cc(-c3cc(Cl)cc(C#N)c3)ccc1CC21CCC(O)CC1. The highest BCUT2D eigenvalue weighted by atomic mass is 35.5. The molecule has 6 heteroatoms. The molecule has 3 N–H and O–H groups in total. The second kappa shape index (κ2) is 6.66. The Bertz CT molecular complexity index is 1130. The minimum absolute atomic E-state index is 0.165. The average Bonchev–Trinajstić information content (AvgIpc) is 3.17. The Hall–Kier alpha value is -2.68. The number of hydrogen-bond donors (Lipinski definition) is 2. The van der Waals surface area contributed by atoms with Crippen LogP contribution in [0.2, 0.25) is 5.02 Å². The molecule has 1 aliphatic heterocycles. The van der Waals surface area contributed by atoms with Crippen molar-refractivity contribution < 1.29 is 5.11 Å². The number of aliphatic hydroxyl groups excluding tert-OH is 1. The van der Waals surface area contributed by atoms with Crippen LogP contribution in [0.1, 0.15) is 49.3 Å². The van der Waals surface area contributed by atoms with E-state index in [9.17, 15) is 10.4 Å². The first-order valence-corrected chi connectivity index (χ1v) is 10.7. The number of nitriles is 1. The second-order valence-corrected chi connectivity index (χ2v) is 9.20. The Morgan fingerprint density at radius 1 is 1.13 bits per heavy atom. The first-order chi connectivity index (χ1) is 14.4. The smallest absolute Gasteiger partial charge is 0.184 e. The van der Waals surface area contributed by atoms with Gasteiger partial charge in [-0.05, 0) is 80.0 Å². The number of nitrogens with zero attached hydrogens (tertiary/aromatic N) is 3. The molecule has 30 heavy (non-hydrogen) atoms. The van der Waals surface area contributed by atoms with Crippen LogP contribution in [-0.4, -0.2) is 22.8 Å². The lowest BCUT2D eigenvalue weighted by molar-refractivity contribution is 0.0233. The van der Waals surface area contributed by atoms with Gasteiger partial charge in [0.15, 0.2) is 5.66 Å². The lowest BCUT2D eigenvalue weighted by atomic mass is 9.65. The molecule has 2 spiro atoms. The molecule has 0 radical (unpaired) electrons. The quantitative estimate of drug-likeness (QED) is 0.721. The highest BCUT2D eigenvalue weighted by Gasteiger charge is 2.60. The number of aliphatic hydroxyl groups is 1. The molecule has 1 fully saturated rings. The average molecular weight is 419 g/mol. The van der Waals surface area contributed by atoms with E-state index in [1.807, 2.05) is 19.1 Å². The Labute approximate surface area is 180 Å². The van der Waals surface area contributed by atoms with Crippen LogP contribution in [0.25, 0.3) is 11.1 Å². The normalized spacial score (nSPS) is 29.6. The van der Waals surface area contributed by atoms with Crippen molar-refractivity contribution in [1.82, 2.24) is 0 Å². The van der Waals surface area contributed by atoms with Gasteiger partial charge in [0.2, 0.25) is 0 Å². The number of benzene rings is 2. The summed E-state index contributed by atoms with van der Waals surface area (Å²) in [4.78, 5) is 10.0. The van der Waals surface area contributed by atoms with Gasteiger partial charge < -0.3 is 10.8 Å². The number of aliphatic imine (C=N–C) groups is 2. The lowest BCUT2D eigenvalue weighted by Gasteiger charge is -2.44. The molecule has 3 aliphatic rings. The third kappa shape index (κ3) is 2.71. The third-order valence-electron chi connectivity index (χ3n) is 7.01. The van der Waals surface area contributed by atoms with Crippen molar-refractivity contribution >= 4 is 23.1 Å². The van der Waals surface area contributed by atoms with Gasteiger partial charge in [0, 0.05) is 16.0 Å². The Morgan fingerprint density at radius 3 is 2.57 bits per heavy atom. The van der Waals surface area contributed by atoms with Crippen molar-refractivity contribution in [1.29, 1.82) is 5.26 Å². The molecule has 0 unspecified atom stereocenters. The van der Waals surface area contributed by atoms with E-state index in [2.05, 4.69) is 24.3 Å². The maximum absolute atomic E-state index is 10.1. The number of rotatable bonds is 1. The van der Waals surface area contributed by atoms with E-state index >= 15 is 0 Å². The first-order valence-electron chi connectivity index (χ1n) is 10.3. The maximum Gasteiger partial charge on any atom is 0.184 e. The zero-order chi connectivity index (χ0) is 21.1. The second-order valence-electron chi connectivity index (χ2n) is 8.77. The van der Waals surface area contributed by atoms with Crippen LogP contribution in [0.5, 0.6) is 0 Å². The van der Waals surface area contributed by atoms with Crippen molar-refractivity contribution in [2.24, 2.45) is 21.1 Å². The van der Waals surface area contributed by atoms with E-state index in [4.69, 9.17) is 27.3 Å². The topological polar surface area (TPSA) is 94.8 Å². The van der Waals surface area contributed by atoms with E-state index in [1.165, 1.54) is 5.56 Å². The molecular weight excluding hydrogens is 396 g/mol. The van der Waals surface area contributed by atoms with Crippen LogP contribution in [-0.2, 0) is 12.1 Å². The molecule has 1 saturated carbocycles. The summed E-state index contributed by atoms with van der Waals surface area (Å²) in [6.45, 7) is 1.91. The summed E-state index contributed by atoms with van der Waals surface area (Å²) in [5.41, 5.74) is 10.8. The maximum atomic E-state index is 10.1. The number of hydrogen-bond acceptors (Lipinski definition) is 5. The van der Waals surface area contributed by atoms with Gasteiger partial charge in [-0.25, -0.2) is 4.99 Å². The summed E-state index contributed by atoms with van der Waals surface area (Å²) < 4.78 is 0. The van der Waals surface area contributed by atoms with Gasteiger partial charge in [0.1, 0.15) is 5.84 Å². The minimum Gasteiger partial charge on any atom is -0.393 e. The van der Waals surface area contributed by atoms with E-state index < -0.39 is 5.66 Å². The summed E-state index contributed by atoms with van der Waals surface area (Å²) in [6, 6.07) is 13.9. The molecule has 1 heterocycles. The van der Waals surface area contributed by atoms with E-state index in [1.54, 1.807) is 6.07 Å². The Morgan fingerprint density at radius 2 is 1.90 bits per heavy atom. The van der Waals surface area contributed by atoms with Crippen LogP contribution in [0, 0.1) is 16.7 Å². The molecule has 2 aromatic carbocycles. The molecule has 5 nitrogen and oxygen atoms in total. The molecule has 5 rings (SSSR count). The largest absolute Gasteiger partial charge is 0.393 e. The zero-order valence-corrected chi connectivity index (χ0v) is 17.6. The fraction of sp³-hybridized carbons (Fsp3) is 0.375.